The molecule has 1 fully saturated rings. The molecule has 1 amide bonds. The van der Waals surface area contributed by atoms with Crippen LogP contribution in [0.3, 0.4) is 0 Å². The quantitative estimate of drug-likeness (QED) is 0.814. The van der Waals surface area contributed by atoms with Gasteiger partial charge in [0.05, 0.1) is 17.1 Å². The molecule has 1 aromatic heterocycles. The minimum atomic E-state index is 0.130. The standard InChI is InChI=1S/C14H18N6O/c1-11(21)18-4-6-19(7-5-18)14-3-2-12(8-13(14)15)20-9-16-17-10-20/h2-3,8-10H,4-7,15H2,1H3. The average Bonchev–Trinajstić information content (AvgIpc) is 3.01. The summed E-state index contributed by atoms with van der Waals surface area (Å²) >= 11 is 0. The molecule has 110 valence electrons. The fourth-order valence-electron chi connectivity index (χ4n) is 2.59. The fourth-order valence-corrected chi connectivity index (χ4v) is 2.59. The summed E-state index contributed by atoms with van der Waals surface area (Å²) in [5, 5.41) is 7.58. The van der Waals surface area contributed by atoms with E-state index in [4.69, 9.17) is 5.73 Å². The van der Waals surface area contributed by atoms with E-state index in [1.807, 2.05) is 27.7 Å². The van der Waals surface area contributed by atoms with Crippen molar-refractivity contribution in [3.05, 3.63) is 30.9 Å². The largest absolute Gasteiger partial charge is 0.397 e. The molecule has 1 saturated heterocycles. The lowest BCUT2D eigenvalue weighted by Gasteiger charge is -2.36. The van der Waals surface area contributed by atoms with Gasteiger partial charge in [0.25, 0.3) is 0 Å². The number of nitrogens with zero attached hydrogens (tertiary/aromatic N) is 5. The van der Waals surface area contributed by atoms with Gasteiger partial charge in [0.15, 0.2) is 0 Å². The molecule has 2 heterocycles. The lowest BCUT2D eigenvalue weighted by Crippen LogP contribution is -2.48. The molecule has 2 aromatic rings. The number of nitrogen functional groups attached to an aromatic ring is 1. The van der Waals surface area contributed by atoms with Crippen molar-refractivity contribution in [1.82, 2.24) is 19.7 Å². The second kappa shape index (κ2) is 5.43. The molecule has 0 atom stereocenters. The highest BCUT2D eigenvalue weighted by atomic mass is 16.2. The van der Waals surface area contributed by atoms with Gasteiger partial charge in [-0.25, -0.2) is 0 Å². The number of amides is 1. The van der Waals surface area contributed by atoms with Gasteiger partial charge in [0, 0.05) is 33.1 Å². The third-order valence-corrected chi connectivity index (χ3v) is 3.79. The monoisotopic (exact) mass is 286 g/mol. The van der Waals surface area contributed by atoms with Crippen LogP contribution >= 0.6 is 0 Å². The van der Waals surface area contributed by atoms with E-state index in [-0.39, 0.29) is 5.91 Å². The van der Waals surface area contributed by atoms with Crippen LogP contribution in [0, 0.1) is 0 Å². The van der Waals surface area contributed by atoms with Crippen molar-refractivity contribution < 1.29 is 4.79 Å². The zero-order valence-electron chi connectivity index (χ0n) is 11.9. The number of carbonyl (C=O) groups excluding carboxylic acids is 1. The first-order chi connectivity index (χ1) is 10.1. The molecule has 3 rings (SSSR count). The van der Waals surface area contributed by atoms with Crippen LogP contribution in [-0.4, -0.2) is 51.8 Å². The molecule has 0 bridgehead atoms. The smallest absolute Gasteiger partial charge is 0.219 e. The number of aromatic nitrogens is 3. The number of anilines is 2. The summed E-state index contributed by atoms with van der Waals surface area (Å²) in [4.78, 5) is 15.4. The predicted molar refractivity (Wildman–Crippen MR) is 80.2 cm³/mol. The number of hydrogen-bond acceptors (Lipinski definition) is 5. The highest BCUT2D eigenvalue weighted by Crippen LogP contribution is 2.26. The summed E-state index contributed by atoms with van der Waals surface area (Å²) in [5.41, 5.74) is 8.84. The van der Waals surface area contributed by atoms with Crippen LogP contribution in [0.1, 0.15) is 6.92 Å². The van der Waals surface area contributed by atoms with Gasteiger partial charge in [-0.3, -0.25) is 9.36 Å². The van der Waals surface area contributed by atoms with Gasteiger partial charge in [-0.15, -0.1) is 10.2 Å². The van der Waals surface area contributed by atoms with Gasteiger partial charge in [0.2, 0.25) is 5.91 Å². The molecule has 0 saturated carbocycles. The summed E-state index contributed by atoms with van der Waals surface area (Å²) in [6, 6.07) is 5.91. The maximum Gasteiger partial charge on any atom is 0.219 e. The number of nitrogens with two attached hydrogens (primary N) is 1. The fraction of sp³-hybridized carbons (Fsp3) is 0.357. The Morgan fingerprint density at radius 2 is 1.81 bits per heavy atom. The molecular formula is C14H18N6O. The third-order valence-electron chi connectivity index (χ3n) is 3.79. The Morgan fingerprint density at radius 3 is 2.38 bits per heavy atom. The minimum Gasteiger partial charge on any atom is -0.397 e. The maximum atomic E-state index is 11.4. The highest BCUT2D eigenvalue weighted by Gasteiger charge is 2.20. The zero-order valence-corrected chi connectivity index (χ0v) is 11.9. The van der Waals surface area contributed by atoms with Crippen molar-refractivity contribution in [2.45, 2.75) is 6.92 Å². The maximum absolute atomic E-state index is 11.4. The first-order valence-corrected chi connectivity index (χ1v) is 6.90. The van der Waals surface area contributed by atoms with Crippen LogP contribution in [-0.2, 0) is 4.79 Å². The van der Waals surface area contributed by atoms with Crippen molar-refractivity contribution in [1.29, 1.82) is 0 Å². The molecule has 1 aliphatic heterocycles. The number of piperazine rings is 1. The number of hydrogen-bond donors (Lipinski definition) is 1. The van der Waals surface area contributed by atoms with Crippen LogP contribution in [0.25, 0.3) is 5.69 Å². The van der Waals surface area contributed by atoms with E-state index < -0.39 is 0 Å². The molecule has 0 unspecified atom stereocenters. The summed E-state index contributed by atoms with van der Waals surface area (Å²) in [6.45, 7) is 4.69. The SMILES string of the molecule is CC(=O)N1CCN(c2ccc(-n3cnnc3)cc2N)CC1. The van der Waals surface area contributed by atoms with Crippen LogP contribution in [0.4, 0.5) is 11.4 Å². The van der Waals surface area contributed by atoms with Gasteiger partial charge >= 0.3 is 0 Å². The lowest BCUT2D eigenvalue weighted by molar-refractivity contribution is -0.129. The lowest BCUT2D eigenvalue weighted by atomic mass is 10.2. The highest BCUT2D eigenvalue weighted by molar-refractivity contribution is 5.74. The molecule has 7 nitrogen and oxygen atoms in total. The average molecular weight is 286 g/mol. The van der Waals surface area contributed by atoms with Gasteiger partial charge < -0.3 is 15.5 Å². The molecule has 1 aliphatic rings. The predicted octanol–water partition coefficient (Wildman–Crippen LogP) is 0.518. The normalized spacial score (nSPS) is 15.3. The molecular weight excluding hydrogens is 268 g/mol. The van der Waals surface area contributed by atoms with Crippen LogP contribution in [0.2, 0.25) is 0 Å². The second-order valence-electron chi connectivity index (χ2n) is 5.11. The van der Waals surface area contributed by atoms with Crippen molar-refractivity contribution in [3.8, 4) is 5.69 Å². The van der Waals surface area contributed by atoms with E-state index in [0.717, 1.165) is 43.2 Å². The third kappa shape index (κ3) is 2.67. The van der Waals surface area contributed by atoms with E-state index >= 15 is 0 Å². The van der Waals surface area contributed by atoms with Crippen LogP contribution < -0.4 is 10.6 Å². The Kier molecular flexibility index (Phi) is 3.47. The van der Waals surface area contributed by atoms with Crippen LogP contribution in [0.5, 0.6) is 0 Å². The topological polar surface area (TPSA) is 80.3 Å². The van der Waals surface area contributed by atoms with Gasteiger partial charge in [-0.2, -0.15) is 0 Å². The number of benzene rings is 1. The van der Waals surface area contributed by atoms with E-state index in [1.165, 1.54) is 0 Å². The Morgan fingerprint density at radius 1 is 1.14 bits per heavy atom. The van der Waals surface area contributed by atoms with Crippen molar-refractivity contribution in [3.63, 3.8) is 0 Å². The first kappa shape index (κ1) is 13.4. The van der Waals surface area contributed by atoms with E-state index in [9.17, 15) is 4.79 Å². The van der Waals surface area contributed by atoms with Gasteiger partial charge in [-0.1, -0.05) is 0 Å². The van der Waals surface area contributed by atoms with Gasteiger partial charge in [0.1, 0.15) is 12.7 Å². The molecule has 2 N–H and O–H groups in total. The van der Waals surface area contributed by atoms with E-state index in [2.05, 4.69) is 15.1 Å². The number of rotatable bonds is 2. The summed E-state index contributed by atoms with van der Waals surface area (Å²) in [5.74, 6) is 0.130. The Hall–Kier alpha value is -2.57. The van der Waals surface area contributed by atoms with E-state index in [1.54, 1.807) is 19.6 Å². The van der Waals surface area contributed by atoms with Crippen molar-refractivity contribution in [2.24, 2.45) is 0 Å². The summed E-state index contributed by atoms with van der Waals surface area (Å²) in [6.07, 6.45) is 3.28. The first-order valence-electron chi connectivity index (χ1n) is 6.90. The molecule has 7 heteroatoms. The van der Waals surface area contributed by atoms with Crippen molar-refractivity contribution in [2.75, 3.05) is 36.8 Å². The second-order valence-corrected chi connectivity index (χ2v) is 5.11. The molecule has 0 aliphatic carbocycles. The molecule has 1 aromatic carbocycles. The van der Waals surface area contributed by atoms with Crippen molar-refractivity contribution >= 4 is 17.3 Å². The number of carbonyl (C=O) groups is 1. The molecule has 0 spiro atoms. The molecule has 21 heavy (non-hydrogen) atoms. The minimum absolute atomic E-state index is 0.130. The molecule has 0 radical (unpaired) electrons. The Balaban J connectivity index is 1.76. The Bertz CT molecular complexity index is 631. The van der Waals surface area contributed by atoms with Gasteiger partial charge in [-0.05, 0) is 18.2 Å². The van der Waals surface area contributed by atoms with E-state index in [0.29, 0.717) is 0 Å². The zero-order chi connectivity index (χ0) is 14.8. The Labute approximate surface area is 123 Å². The summed E-state index contributed by atoms with van der Waals surface area (Å²) < 4.78 is 1.81. The van der Waals surface area contributed by atoms with Crippen LogP contribution in [0.15, 0.2) is 30.9 Å². The summed E-state index contributed by atoms with van der Waals surface area (Å²) in [7, 11) is 0.